The quantitative estimate of drug-likeness (QED) is 0.650. The van der Waals surface area contributed by atoms with Crippen molar-refractivity contribution in [1.82, 2.24) is 0 Å². The molecule has 26 heavy (non-hydrogen) atoms. The van der Waals surface area contributed by atoms with Crippen molar-refractivity contribution in [2.75, 3.05) is 18.1 Å². The van der Waals surface area contributed by atoms with Gasteiger partial charge in [-0.3, -0.25) is 0 Å². The van der Waals surface area contributed by atoms with Crippen molar-refractivity contribution < 1.29 is 28.7 Å². The number of hydrogen-bond acceptors (Lipinski definition) is 4. The fourth-order valence-corrected chi connectivity index (χ4v) is 13.2. The van der Waals surface area contributed by atoms with E-state index in [4.69, 9.17) is 4.74 Å². The van der Waals surface area contributed by atoms with E-state index in [-0.39, 0.29) is 27.6 Å². The molecule has 1 saturated heterocycles. The summed E-state index contributed by atoms with van der Waals surface area (Å²) in [6.45, 7) is 12.9. The van der Waals surface area contributed by atoms with Crippen molar-refractivity contribution in [1.29, 1.82) is 0 Å². The molecule has 1 heterocycles. The molecule has 1 aromatic rings. The smallest absolute Gasteiger partial charge is 0.850 e. The van der Waals surface area contributed by atoms with Crippen LogP contribution in [0.1, 0.15) is 39.2 Å². The molecule has 6 heteroatoms. The Balaban J connectivity index is 0.00000338. The van der Waals surface area contributed by atoms with E-state index in [1.54, 1.807) is 0 Å². The maximum atomic E-state index is 12.8. The molecule has 1 aliphatic heterocycles. The molecule has 1 fully saturated rings. The third kappa shape index (κ3) is 6.07. The van der Waals surface area contributed by atoms with Gasteiger partial charge in [0.25, 0.3) is 0 Å². The number of benzene rings is 1. The van der Waals surface area contributed by atoms with Gasteiger partial charge in [0.05, 0.1) is 18.4 Å². The van der Waals surface area contributed by atoms with E-state index in [0.717, 1.165) is 12.0 Å². The second-order valence-electron chi connectivity index (χ2n) is 8.51. The standard InChI is InChI=1S/C20H33O2S2Si.Li/c1-19(2,3)25(4,5)20(23-12-9-13-24-20)14-18(21)16-22-15-17-10-7-6-8-11-17;/h6-8,10-11,18H,9,12-16H2,1-5H3;/q-1;+1/t18-;/m1./s1. The van der Waals surface area contributed by atoms with E-state index < -0.39 is 14.2 Å². The molecule has 0 N–H and O–H groups in total. The van der Waals surface area contributed by atoms with E-state index in [1.165, 1.54) is 17.9 Å². The van der Waals surface area contributed by atoms with Crippen LogP contribution in [0.2, 0.25) is 18.1 Å². The van der Waals surface area contributed by atoms with Crippen LogP contribution in [0.4, 0.5) is 0 Å². The first-order valence-electron chi connectivity index (χ1n) is 9.23. The molecule has 1 aromatic carbocycles. The summed E-state index contributed by atoms with van der Waals surface area (Å²) >= 11 is 4.14. The number of ether oxygens (including phenoxy) is 1. The Morgan fingerprint density at radius 2 is 1.73 bits per heavy atom. The minimum Gasteiger partial charge on any atom is -0.850 e. The van der Waals surface area contributed by atoms with Gasteiger partial charge in [-0.15, -0.1) is 29.6 Å². The molecular formula is C20H33LiO2S2Si. The molecule has 1 atom stereocenters. The van der Waals surface area contributed by atoms with Crippen molar-refractivity contribution >= 4 is 31.6 Å². The van der Waals surface area contributed by atoms with Crippen molar-refractivity contribution in [3.63, 3.8) is 0 Å². The second kappa shape index (κ2) is 10.4. The van der Waals surface area contributed by atoms with Crippen LogP contribution in [0, 0.1) is 0 Å². The molecule has 0 aliphatic carbocycles. The third-order valence-corrected chi connectivity index (χ3v) is 18.4. The predicted octanol–water partition coefficient (Wildman–Crippen LogP) is 1.94. The fraction of sp³-hybridized carbons (Fsp3) is 0.700. The van der Waals surface area contributed by atoms with Crippen molar-refractivity contribution in [3.05, 3.63) is 35.9 Å². The SMILES string of the molecule is CC(C)(C)[Si](C)(C)C1(C[C@@H]([O-])COCc2ccccc2)SCCCS1.[Li+]. The van der Waals surface area contributed by atoms with E-state index >= 15 is 0 Å². The Hall–Kier alpha value is 0.654. The van der Waals surface area contributed by atoms with E-state index in [1.807, 2.05) is 30.3 Å². The van der Waals surface area contributed by atoms with E-state index in [0.29, 0.717) is 13.2 Å². The monoisotopic (exact) mass is 404 g/mol. The van der Waals surface area contributed by atoms with E-state index in [2.05, 4.69) is 57.4 Å². The molecule has 2 nitrogen and oxygen atoms in total. The fourth-order valence-electron chi connectivity index (χ4n) is 3.12. The molecule has 0 saturated carbocycles. The van der Waals surface area contributed by atoms with E-state index in [9.17, 15) is 5.11 Å². The maximum absolute atomic E-state index is 12.8. The molecule has 0 radical (unpaired) electrons. The molecule has 0 aromatic heterocycles. The van der Waals surface area contributed by atoms with Gasteiger partial charge >= 0.3 is 18.9 Å². The zero-order valence-electron chi connectivity index (χ0n) is 17.3. The zero-order chi connectivity index (χ0) is 18.6. The number of thioether (sulfide) groups is 2. The normalized spacial score (nSPS) is 18.8. The van der Waals surface area contributed by atoms with Gasteiger partial charge in [-0.1, -0.05) is 64.2 Å². The van der Waals surface area contributed by atoms with Gasteiger partial charge in [0.1, 0.15) is 0 Å². The Bertz CT molecular complexity index is 528. The van der Waals surface area contributed by atoms with Crippen molar-refractivity contribution in [2.45, 2.75) is 68.2 Å². The van der Waals surface area contributed by atoms with Crippen LogP contribution in [-0.4, -0.2) is 36.0 Å². The molecule has 0 amide bonds. The summed E-state index contributed by atoms with van der Waals surface area (Å²) in [6.07, 6.45) is 1.35. The second-order valence-corrected chi connectivity index (χ2v) is 17.9. The molecule has 0 unspecified atom stereocenters. The topological polar surface area (TPSA) is 32.3 Å². The number of hydrogen-bond donors (Lipinski definition) is 0. The summed E-state index contributed by atoms with van der Waals surface area (Å²) in [7, 11) is -1.65. The van der Waals surface area contributed by atoms with Crippen molar-refractivity contribution in [3.8, 4) is 0 Å². The summed E-state index contributed by atoms with van der Waals surface area (Å²) in [4.78, 5) is 0. The largest absolute Gasteiger partial charge is 1.00 e. The van der Waals surface area contributed by atoms with Crippen LogP contribution < -0.4 is 24.0 Å². The Morgan fingerprint density at radius 3 is 2.27 bits per heavy atom. The molecule has 0 spiro atoms. The van der Waals surface area contributed by atoms with Crippen LogP contribution in [0.15, 0.2) is 30.3 Å². The Kier molecular flexibility index (Phi) is 9.91. The van der Waals surface area contributed by atoms with Crippen LogP contribution in [0.3, 0.4) is 0 Å². The summed E-state index contributed by atoms with van der Waals surface area (Å²) in [5, 5.41) is 13.1. The van der Waals surface area contributed by atoms with Gasteiger partial charge in [0.2, 0.25) is 0 Å². The summed E-state index contributed by atoms with van der Waals surface area (Å²) in [5.74, 6) is 2.38. The minimum absolute atomic E-state index is 0. The summed E-state index contributed by atoms with van der Waals surface area (Å²) < 4.78 is 5.87. The van der Waals surface area contributed by atoms with Crippen LogP contribution in [0.25, 0.3) is 0 Å². The molecule has 2 rings (SSSR count). The first-order chi connectivity index (χ1) is 11.7. The zero-order valence-corrected chi connectivity index (χ0v) is 20.0. The van der Waals surface area contributed by atoms with Gasteiger partial charge in [-0.05, 0) is 34.9 Å². The third-order valence-electron chi connectivity index (χ3n) is 5.70. The average molecular weight is 405 g/mol. The molecule has 1 aliphatic rings. The Morgan fingerprint density at radius 1 is 1.15 bits per heavy atom. The first kappa shape index (κ1) is 24.7. The maximum Gasteiger partial charge on any atom is 1.00 e. The van der Waals surface area contributed by atoms with Gasteiger partial charge in [-0.25, -0.2) is 0 Å². The Labute approximate surface area is 181 Å². The molecular weight excluding hydrogens is 371 g/mol. The van der Waals surface area contributed by atoms with Gasteiger partial charge in [-0.2, -0.15) is 0 Å². The van der Waals surface area contributed by atoms with Crippen LogP contribution in [-0.2, 0) is 11.3 Å². The predicted molar refractivity (Wildman–Crippen MR) is 114 cm³/mol. The van der Waals surface area contributed by atoms with Crippen LogP contribution >= 0.6 is 23.5 Å². The van der Waals surface area contributed by atoms with Gasteiger partial charge < -0.3 is 9.84 Å². The van der Waals surface area contributed by atoms with Gasteiger partial charge in [0.15, 0.2) is 0 Å². The van der Waals surface area contributed by atoms with Crippen LogP contribution in [0.5, 0.6) is 0 Å². The van der Waals surface area contributed by atoms with Crippen molar-refractivity contribution in [2.24, 2.45) is 0 Å². The number of rotatable bonds is 7. The summed E-state index contributed by atoms with van der Waals surface area (Å²) in [6, 6.07) is 10.1. The minimum atomic E-state index is -1.65. The molecule has 142 valence electrons. The molecule has 0 bridgehead atoms. The average Bonchev–Trinajstić information content (AvgIpc) is 2.55. The first-order valence-corrected chi connectivity index (χ1v) is 14.2. The van der Waals surface area contributed by atoms with Gasteiger partial charge in [0, 0.05) is 6.61 Å². The summed E-state index contributed by atoms with van der Waals surface area (Å²) in [5.41, 5.74) is 1.13.